The van der Waals surface area contributed by atoms with E-state index in [4.69, 9.17) is 4.74 Å². The van der Waals surface area contributed by atoms with Gasteiger partial charge in [-0.15, -0.1) is 0 Å². The second-order valence-corrected chi connectivity index (χ2v) is 6.63. The normalized spacial score (nSPS) is 21.0. The first kappa shape index (κ1) is 16.6. The SMILES string of the molecule is C[C@@H]1CCC[C@@H](C)N1C(=O)COC(=O)Cc1c[nH]c2ccccc12. The first-order valence-corrected chi connectivity index (χ1v) is 8.58. The molecule has 0 unspecified atom stereocenters. The van der Waals surface area contributed by atoms with E-state index < -0.39 is 0 Å². The molecule has 1 aromatic heterocycles. The Balaban J connectivity index is 1.56. The van der Waals surface area contributed by atoms with Crippen molar-refractivity contribution in [3.8, 4) is 0 Å². The van der Waals surface area contributed by atoms with Crippen molar-refractivity contribution in [1.82, 2.24) is 9.88 Å². The van der Waals surface area contributed by atoms with Crippen LogP contribution >= 0.6 is 0 Å². The van der Waals surface area contributed by atoms with Gasteiger partial charge in [0, 0.05) is 29.2 Å². The number of esters is 1. The molecule has 0 aliphatic carbocycles. The lowest BCUT2D eigenvalue weighted by molar-refractivity contribution is -0.154. The van der Waals surface area contributed by atoms with E-state index in [1.54, 1.807) is 0 Å². The van der Waals surface area contributed by atoms with Crippen molar-refractivity contribution in [2.45, 2.75) is 51.6 Å². The van der Waals surface area contributed by atoms with Gasteiger partial charge in [0.25, 0.3) is 5.91 Å². The largest absolute Gasteiger partial charge is 0.455 e. The smallest absolute Gasteiger partial charge is 0.310 e. The molecule has 1 aromatic carbocycles. The molecule has 0 spiro atoms. The zero-order chi connectivity index (χ0) is 17.1. The van der Waals surface area contributed by atoms with Gasteiger partial charge in [0.1, 0.15) is 0 Å². The van der Waals surface area contributed by atoms with Crippen molar-refractivity contribution < 1.29 is 14.3 Å². The van der Waals surface area contributed by atoms with Crippen LogP contribution in [0.25, 0.3) is 10.9 Å². The molecule has 1 fully saturated rings. The number of benzene rings is 1. The second-order valence-electron chi connectivity index (χ2n) is 6.63. The Morgan fingerprint density at radius 2 is 1.92 bits per heavy atom. The summed E-state index contributed by atoms with van der Waals surface area (Å²) in [5.41, 5.74) is 1.88. The van der Waals surface area contributed by atoms with Crippen LogP contribution in [0.2, 0.25) is 0 Å². The highest BCUT2D eigenvalue weighted by Gasteiger charge is 2.29. The molecule has 3 rings (SSSR count). The summed E-state index contributed by atoms with van der Waals surface area (Å²) in [5, 5.41) is 1.01. The van der Waals surface area contributed by atoms with Crippen LogP contribution in [0.4, 0.5) is 0 Å². The van der Waals surface area contributed by atoms with Crippen molar-refractivity contribution in [3.63, 3.8) is 0 Å². The fourth-order valence-electron chi connectivity index (χ4n) is 3.61. The van der Waals surface area contributed by atoms with E-state index in [2.05, 4.69) is 18.8 Å². The molecular formula is C19H24N2O3. The number of carbonyl (C=O) groups excluding carboxylic acids is 2. The molecule has 1 saturated heterocycles. The van der Waals surface area contributed by atoms with Crippen LogP contribution < -0.4 is 0 Å². The molecule has 24 heavy (non-hydrogen) atoms. The van der Waals surface area contributed by atoms with Crippen molar-refractivity contribution in [2.75, 3.05) is 6.61 Å². The van der Waals surface area contributed by atoms with E-state index in [1.807, 2.05) is 35.4 Å². The summed E-state index contributed by atoms with van der Waals surface area (Å²) in [6.45, 7) is 3.94. The maximum absolute atomic E-state index is 12.4. The fourth-order valence-corrected chi connectivity index (χ4v) is 3.61. The topological polar surface area (TPSA) is 62.4 Å². The van der Waals surface area contributed by atoms with E-state index in [9.17, 15) is 9.59 Å². The number of rotatable bonds is 4. The summed E-state index contributed by atoms with van der Waals surface area (Å²) >= 11 is 0. The zero-order valence-corrected chi connectivity index (χ0v) is 14.2. The molecule has 2 atom stereocenters. The Kier molecular flexibility index (Phi) is 4.88. The fraction of sp³-hybridized carbons (Fsp3) is 0.474. The summed E-state index contributed by atoms with van der Waals surface area (Å²) in [5.74, 6) is -0.465. The molecule has 128 valence electrons. The minimum Gasteiger partial charge on any atom is -0.455 e. The number of carbonyl (C=O) groups is 2. The summed E-state index contributed by atoms with van der Waals surface area (Å²) in [4.78, 5) is 29.5. The summed E-state index contributed by atoms with van der Waals surface area (Å²) in [6.07, 6.45) is 5.16. The molecule has 0 bridgehead atoms. The highest BCUT2D eigenvalue weighted by molar-refractivity contribution is 5.88. The van der Waals surface area contributed by atoms with Crippen molar-refractivity contribution >= 4 is 22.8 Å². The Labute approximate surface area is 142 Å². The monoisotopic (exact) mass is 328 g/mol. The number of hydrogen-bond acceptors (Lipinski definition) is 3. The van der Waals surface area contributed by atoms with E-state index in [0.717, 1.165) is 35.7 Å². The number of ether oxygens (including phenoxy) is 1. The molecule has 1 aliphatic heterocycles. The molecule has 2 heterocycles. The first-order chi connectivity index (χ1) is 11.6. The van der Waals surface area contributed by atoms with Crippen molar-refractivity contribution in [2.24, 2.45) is 0 Å². The Morgan fingerprint density at radius 3 is 2.67 bits per heavy atom. The number of para-hydroxylation sites is 1. The number of amides is 1. The number of nitrogens with zero attached hydrogens (tertiary/aromatic N) is 1. The lowest BCUT2D eigenvalue weighted by Crippen LogP contribution is -2.49. The van der Waals surface area contributed by atoms with E-state index >= 15 is 0 Å². The Morgan fingerprint density at radius 1 is 1.21 bits per heavy atom. The van der Waals surface area contributed by atoms with Gasteiger partial charge in [-0.05, 0) is 44.7 Å². The first-order valence-electron chi connectivity index (χ1n) is 8.58. The molecule has 1 N–H and O–H groups in total. The van der Waals surface area contributed by atoms with Gasteiger partial charge in [-0.25, -0.2) is 0 Å². The molecule has 1 amide bonds. The van der Waals surface area contributed by atoms with Crippen molar-refractivity contribution in [3.05, 3.63) is 36.0 Å². The molecule has 5 heteroatoms. The predicted molar refractivity (Wildman–Crippen MR) is 92.6 cm³/mol. The average Bonchev–Trinajstić information content (AvgIpc) is 2.96. The van der Waals surface area contributed by atoms with Gasteiger partial charge < -0.3 is 14.6 Å². The van der Waals surface area contributed by atoms with E-state index in [-0.39, 0.29) is 37.0 Å². The quantitative estimate of drug-likeness (QED) is 0.878. The minimum absolute atomic E-state index is 0.0954. The van der Waals surface area contributed by atoms with Gasteiger partial charge in [-0.2, -0.15) is 0 Å². The highest BCUT2D eigenvalue weighted by atomic mass is 16.5. The van der Waals surface area contributed by atoms with E-state index in [1.165, 1.54) is 0 Å². The van der Waals surface area contributed by atoms with Gasteiger partial charge in [-0.3, -0.25) is 9.59 Å². The number of likely N-dealkylation sites (tertiary alicyclic amines) is 1. The standard InChI is InChI=1S/C19H24N2O3/c1-13-6-5-7-14(2)21(13)18(22)12-24-19(23)10-15-11-20-17-9-4-3-8-16(15)17/h3-4,8-9,11,13-14,20H,5-7,10,12H2,1-2H3/t13-,14-/m1/s1. The summed E-state index contributed by atoms with van der Waals surface area (Å²) < 4.78 is 5.23. The molecule has 5 nitrogen and oxygen atoms in total. The second kappa shape index (κ2) is 7.07. The average molecular weight is 328 g/mol. The van der Waals surface area contributed by atoms with Gasteiger partial charge in [-0.1, -0.05) is 18.2 Å². The van der Waals surface area contributed by atoms with Crippen LogP contribution in [-0.4, -0.2) is 40.5 Å². The number of hydrogen-bond donors (Lipinski definition) is 1. The molecular weight excluding hydrogens is 304 g/mol. The summed E-state index contributed by atoms with van der Waals surface area (Å²) in [7, 11) is 0. The highest BCUT2D eigenvalue weighted by Crippen LogP contribution is 2.22. The van der Waals surface area contributed by atoms with Gasteiger partial charge in [0.15, 0.2) is 6.61 Å². The molecule has 0 saturated carbocycles. The van der Waals surface area contributed by atoms with Gasteiger partial charge in [0.05, 0.1) is 6.42 Å². The number of fused-ring (bicyclic) bond motifs is 1. The van der Waals surface area contributed by atoms with Crippen LogP contribution in [-0.2, 0) is 20.7 Å². The lowest BCUT2D eigenvalue weighted by Gasteiger charge is -2.38. The van der Waals surface area contributed by atoms with Crippen LogP contribution in [0, 0.1) is 0 Å². The van der Waals surface area contributed by atoms with Crippen molar-refractivity contribution in [1.29, 1.82) is 0 Å². The number of piperidine rings is 1. The van der Waals surface area contributed by atoms with Crippen LogP contribution in [0.3, 0.4) is 0 Å². The van der Waals surface area contributed by atoms with Crippen LogP contribution in [0.5, 0.6) is 0 Å². The number of nitrogens with one attached hydrogen (secondary N) is 1. The van der Waals surface area contributed by atoms with Crippen LogP contribution in [0.1, 0.15) is 38.7 Å². The van der Waals surface area contributed by atoms with Gasteiger partial charge >= 0.3 is 5.97 Å². The maximum atomic E-state index is 12.4. The number of aromatic nitrogens is 1. The summed E-state index contributed by atoms with van der Waals surface area (Å²) in [6, 6.07) is 8.25. The molecule has 0 radical (unpaired) electrons. The third-order valence-corrected chi connectivity index (χ3v) is 4.85. The maximum Gasteiger partial charge on any atom is 0.310 e. The third kappa shape index (κ3) is 3.45. The zero-order valence-electron chi connectivity index (χ0n) is 14.2. The minimum atomic E-state index is -0.370. The van der Waals surface area contributed by atoms with Crippen LogP contribution in [0.15, 0.2) is 30.5 Å². The van der Waals surface area contributed by atoms with Gasteiger partial charge in [0.2, 0.25) is 0 Å². The number of aromatic amines is 1. The van der Waals surface area contributed by atoms with E-state index in [0.29, 0.717) is 0 Å². The Bertz CT molecular complexity index is 727. The molecule has 2 aromatic rings. The Hall–Kier alpha value is -2.30. The lowest BCUT2D eigenvalue weighted by atomic mass is 9.97. The number of H-pyrrole nitrogens is 1. The molecule has 1 aliphatic rings. The predicted octanol–water partition coefficient (Wildman–Crippen LogP) is 3.04. The third-order valence-electron chi connectivity index (χ3n) is 4.85.